The van der Waals surface area contributed by atoms with Crippen LogP contribution in [0.1, 0.15) is 66.2 Å². The number of hydrogen-bond acceptors (Lipinski definition) is 2. The molecule has 24 heavy (non-hydrogen) atoms. The first-order valence-corrected chi connectivity index (χ1v) is 9.88. The van der Waals surface area contributed by atoms with Crippen molar-refractivity contribution >= 4 is 11.8 Å². The van der Waals surface area contributed by atoms with Crippen LogP contribution in [0.3, 0.4) is 0 Å². The quantitative estimate of drug-likeness (QED) is 0.784. The Labute approximate surface area is 146 Å². The Hall–Kier alpha value is -1.06. The van der Waals surface area contributed by atoms with E-state index in [0.29, 0.717) is 12.5 Å². The lowest BCUT2D eigenvalue weighted by Crippen LogP contribution is -2.58. The SMILES string of the molecule is CC(C)CNC(=O)C(NC(=O)C12CC3CC(CC(C3)C1)C2)C(C)C. The van der Waals surface area contributed by atoms with Crippen LogP contribution in [0.2, 0.25) is 0 Å². The molecule has 4 saturated carbocycles. The van der Waals surface area contributed by atoms with Crippen LogP contribution in [0.5, 0.6) is 0 Å². The molecule has 0 aromatic rings. The van der Waals surface area contributed by atoms with E-state index in [0.717, 1.165) is 37.0 Å². The standard InChI is InChI=1S/C20H34N2O2/c1-12(2)11-21-18(23)17(13(3)4)22-19(24)20-8-14-5-15(9-20)7-16(6-14)10-20/h12-17H,5-11H2,1-4H3,(H,21,23)(H,22,24). The van der Waals surface area contributed by atoms with Crippen molar-refractivity contribution in [1.82, 2.24) is 10.6 Å². The largest absolute Gasteiger partial charge is 0.354 e. The molecule has 2 amide bonds. The molecule has 4 aliphatic carbocycles. The van der Waals surface area contributed by atoms with E-state index in [1.54, 1.807) is 0 Å². The third kappa shape index (κ3) is 3.48. The second kappa shape index (κ2) is 6.68. The molecule has 136 valence electrons. The van der Waals surface area contributed by atoms with Crippen LogP contribution < -0.4 is 10.6 Å². The lowest BCUT2D eigenvalue weighted by atomic mass is 9.49. The van der Waals surface area contributed by atoms with Gasteiger partial charge in [0.15, 0.2) is 0 Å². The van der Waals surface area contributed by atoms with Gasteiger partial charge in [0.1, 0.15) is 6.04 Å². The fourth-order valence-corrected chi connectivity index (χ4v) is 5.63. The van der Waals surface area contributed by atoms with Crippen LogP contribution in [-0.4, -0.2) is 24.4 Å². The van der Waals surface area contributed by atoms with Crippen LogP contribution in [0, 0.1) is 35.0 Å². The minimum absolute atomic E-state index is 0.0308. The average Bonchev–Trinajstić information content (AvgIpc) is 2.48. The van der Waals surface area contributed by atoms with Crippen LogP contribution in [0.25, 0.3) is 0 Å². The normalized spacial score (nSPS) is 35.3. The molecule has 4 rings (SSSR count). The van der Waals surface area contributed by atoms with Gasteiger partial charge in [0, 0.05) is 12.0 Å². The third-order valence-corrected chi connectivity index (χ3v) is 6.44. The highest BCUT2D eigenvalue weighted by Crippen LogP contribution is 2.60. The molecule has 4 nitrogen and oxygen atoms in total. The van der Waals surface area contributed by atoms with Crippen LogP contribution in [-0.2, 0) is 9.59 Å². The van der Waals surface area contributed by atoms with Crippen molar-refractivity contribution < 1.29 is 9.59 Å². The van der Waals surface area contributed by atoms with Gasteiger partial charge >= 0.3 is 0 Å². The van der Waals surface area contributed by atoms with Gasteiger partial charge in [-0.15, -0.1) is 0 Å². The summed E-state index contributed by atoms with van der Waals surface area (Å²) in [4.78, 5) is 25.7. The first-order valence-electron chi connectivity index (χ1n) is 9.88. The van der Waals surface area contributed by atoms with E-state index in [-0.39, 0.29) is 23.1 Å². The van der Waals surface area contributed by atoms with E-state index < -0.39 is 6.04 Å². The maximum Gasteiger partial charge on any atom is 0.242 e. The van der Waals surface area contributed by atoms with Crippen molar-refractivity contribution in [3.8, 4) is 0 Å². The summed E-state index contributed by atoms with van der Waals surface area (Å²) in [5, 5.41) is 6.14. The van der Waals surface area contributed by atoms with Crippen molar-refractivity contribution in [1.29, 1.82) is 0 Å². The number of hydrogen-bond donors (Lipinski definition) is 2. The zero-order valence-electron chi connectivity index (χ0n) is 15.7. The second-order valence-corrected chi connectivity index (χ2v) is 9.53. The summed E-state index contributed by atoms with van der Waals surface area (Å²) >= 11 is 0. The van der Waals surface area contributed by atoms with Gasteiger partial charge in [0.2, 0.25) is 11.8 Å². The van der Waals surface area contributed by atoms with Gasteiger partial charge in [0.25, 0.3) is 0 Å². The number of nitrogens with one attached hydrogen (secondary N) is 2. The zero-order chi connectivity index (χ0) is 17.5. The lowest BCUT2D eigenvalue weighted by Gasteiger charge is -2.55. The van der Waals surface area contributed by atoms with Crippen molar-refractivity contribution in [3.05, 3.63) is 0 Å². The topological polar surface area (TPSA) is 58.2 Å². The fraction of sp³-hybridized carbons (Fsp3) is 0.900. The molecule has 4 fully saturated rings. The minimum atomic E-state index is -0.413. The highest BCUT2D eigenvalue weighted by atomic mass is 16.2. The summed E-state index contributed by atoms with van der Waals surface area (Å²) in [5.41, 5.74) is -0.180. The van der Waals surface area contributed by atoms with Crippen LogP contribution in [0.4, 0.5) is 0 Å². The monoisotopic (exact) mass is 334 g/mol. The molecule has 0 aliphatic heterocycles. The van der Waals surface area contributed by atoms with Gasteiger partial charge in [-0.2, -0.15) is 0 Å². The Morgan fingerprint density at radius 3 is 1.88 bits per heavy atom. The van der Waals surface area contributed by atoms with Gasteiger partial charge in [-0.05, 0) is 68.1 Å². The number of carbonyl (C=O) groups is 2. The molecule has 4 heteroatoms. The van der Waals surface area contributed by atoms with E-state index in [9.17, 15) is 9.59 Å². The molecule has 0 heterocycles. The Balaban J connectivity index is 1.66. The van der Waals surface area contributed by atoms with E-state index in [2.05, 4.69) is 24.5 Å². The predicted molar refractivity (Wildman–Crippen MR) is 95.2 cm³/mol. The van der Waals surface area contributed by atoms with Crippen molar-refractivity contribution in [3.63, 3.8) is 0 Å². The highest BCUT2D eigenvalue weighted by molar-refractivity contribution is 5.90. The molecule has 0 aromatic carbocycles. The molecule has 0 aromatic heterocycles. The summed E-state index contributed by atoms with van der Waals surface area (Å²) in [7, 11) is 0. The van der Waals surface area contributed by atoms with E-state index in [4.69, 9.17) is 0 Å². The summed E-state index contributed by atoms with van der Waals surface area (Å²) in [5.74, 6) is 2.88. The first kappa shape index (κ1) is 17.8. The van der Waals surface area contributed by atoms with E-state index in [1.807, 2.05) is 13.8 Å². The molecule has 0 saturated heterocycles. The Morgan fingerprint density at radius 2 is 1.46 bits per heavy atom. The Kier molecular flexibility index (Phi) is 4.94. The molecule has 1 atom stereocenters. The number of rotatable bonds is 6. The summed E-state index contributed by atoms with van der Waals surface area (Å²) in [6.45, 7) is 8.85. The maximum absolute atomic E-state index is 13.2. The Bertz CT molecular complexity index is 463. The van der Waals surface area contributed by atoms with Gasteiger partial charge in [-0.25, -0.2) is 0 Å². The van der Waals surface area contributed by atoms with Gasteiger partial charge in [-0.1, -0.05) is 27.7 Å². The zero-order valence-corrected chi connectivity index (χ0v) is 15.7. The second-order valence-electron chi connectivity index (χ2n) is 9.53. The van der Waals surface area contributed by atoms with Crippen molar-refractivity contribution in [2.24, 2.45) is 35.0 Å². The Morgan fingerprint density at radius 1 is 0.958 bits per heavy atom. The van der Waals surface area contributed by atoms with E-state index >= 15 is 0 Å². The van der Waals surface area contributed by atoms with Crippen LogP contribution >= 0.6 is 0 Å². The summed E-state index contributed by atoms with van der Waals surface area (Å²) in [6.07, 6.45) is 7.12. The molecule has 4 aliphatic rings. The predicted octanol–water partition coefficient (Wildman–Crippen LogP) is 3.12. The molecule has 2 N–H and O–H groups in total. The number of amides is 2. The molecule has 0 spiro atoms. The first-order chi connectivity index (χ1) is 11.3. The van der Waals surface area contributed by atoms with Gasteiger partial charge in [0.05, 0.1) is 0 Å². The summed E-state index contributed by atoms with van der Waals surface area (Å²) in [6, 6.07) is -0.413. The highest BCUT2D eigenvalue weighted by Gasteiger charge is 2.55. The van der Waals surface area contributed by atoms with Crippen LogP contribution in [0.15, 0.2) is 0 Å². The molecule has 0 radical (unpaired) electrons. The molecular formula is C20H34N2O2. The molecular weight excluding hydrogens is 300 g/mol. The maximum atomic E-state index is 13.2. The molecule has 1 unspecified atom stereocenters. The van der Waals surface area contributed by atoms with Gasteiger partial charge in [-0.3, -0.25) is 9.59 Å². The van der Waals surface area contributed by atoms with Gasteiger partial charge < -0.3 is 10.6 Å². The lowest BCUT2D eigenvalue weighted by molar-refractivity contribution is -0.149. The average molecular weight is 335 g/mol. The van der Waals surface area contributed by atoms with Crippen molar-refractivity contribution in [2.45, 2.75) is 72.3 Å². The number of carbonyl (C=O) groups excluding carboxylic acids is 2. The fourth-order valence-electron chi connectivity index (χ4n) is 5.63. The summed E-state index contributed by atoms with van der Waals surface area (Å²) < 4.78 is 0. The molecule has 4 bridgehead atoms. The van der Waals surface area contributed by atoms with Crippen molar-refractivity contribution in [2.75, 3.05) is 6.54 Å². The smallest absolute Gasteiger partial charge is 0.242 e. The third-order valence-electron chi connectivity index (χ3n) is 6.44. The van der Waals surface area contributed by atoms with E-state index in [1.165, 1.54) is 19.3 Å². The minimum Gasteiger partial charge on any atom is -0.354 e.